The summed E-state index contributed by atoms with van der Waals surface area (Å²) in [6.07, 6.45) is -0.105. The Balaban J connectivity index is 0.00000225. The van der Waals surface area contributed by atoms with Crippen molar-refractivity contribution in [2.75, 3.05) is 26.2 Å². The van der Waals surface area contributed by atoms with Crippen LogP contribution in [0, 0.1) is 5.41 Å². The Kier molecular flexibility index (Phi) is 5.72. The molecule has 2 aliphatic heterocycles. The molecular weight excluding hydrogens is 393 g/mol. The van der Waals surface area contributed by atoms with Crippen LogP contribution in [-0.2, 0) is 6.18 Å². The highest BCUT2D eigenvalue weighted by Crippen LogP contribution is 2.37. The first-order chi connectivity index (χ1) is 12.9. The van der Waals surface area contributed by atoms with Gasteiger partial charge in [0.15, 0.2) is 5.69 Å². The van der Waals surface area contributed by atoms with Crippen LogP contribution in [0.4, 0.5) is 13.2 Å². The smallest absolute Gasteiger partial charge is 0.339 e. The third kappa shape index (κ3) is 4.03. The van der Waals surface area contributed by atoms with Crippen molar-refractivity contribution in [1.82, 2.24) is 20.0 Å². The van der Waals surface area contributed by atoms with Gasteiger partial charge < -0.3 is 10.2 Å². The Morgan fingerprint density at radius 2 is 1.89 bits per heavy atom. The molecule has 1 spiro atoms. The van der Waals surface area contributed by atoms with Crippen LogP contribution >= 0.6 is 12.4 Å². The Bertz CT molecular complexity index is 836. The molecule has 1 aromatic carbocycles. The van der Waals surface area contributed by atoms with Crippen LogP contribution in [0.25, 0.3) is 5.69 Å². The molecule has 0 aliphatic carbocycles. The van der Waals surface area contributed by atoms with Gasteiger partial charge in [0.25, 0.3) is 5.91 Å². The summed E-state index contributed by atoms with van der Waals surface area (Å²) < 4.78 is 39.4. The predicted molar refractivity (Wildman–Crippen MR) is 101 cm³/mol. The van der Waals surface area contributed by atoms with E-state index in [0.717, 1.165) is 43.1 Å². The maximum absolute atomic E-state index is 12.9. The molecule has 2 aromatic rings. The summed E-state index contributed by atoms with van der Waals surface area (Å²) in [6, 6.07) is 7.52. The summed E-state index contributed by atoms with van der Waals surface area (Å²) in [5.41, 5.74) is 0.273. The molecule has 0 unspecified atom stereocenters. The second kappa shape index (κ2) is 7.75. The van der Waals surface area contributed by atoms with Gasteiger partial charge in [-0.25, -0.2) is 4.68 Å². The van der Waals surface area contributed by atoms with Gasteiger partial charge in [0, 0.05) is 31.4 Å². The van der Waals surface area contributed by atoms with E-state index >= 15 is 0 Å². The summed E-state index contributed by atoms with van der Waals surface area (Å²) in [7, 11) is 0. The molecule has 2 fully saturated rings. The van der Waals surface area contributed by atoms with Crippen molar-refractivity contribution >= 4 is 18.3 Å². The van der Waals surface area contributed by atoms with E-state index in [1.807, 2.05) is 4.90 Å². The Hall–Kier alpha value is -2.06. The van der Waals surface area contributed by atoms with Gasteiger partial charge >= 0.3 is 6.18 Å². The largest absolute Gasteiger partial charge is 0.435 e. The molecular formula is C19H22ClF3N4O. The van der Waals surface area contributed by atoms with Crippen molar-refractivity contribution in [1.29, 1.82) is 0 Å². The standard InChI is InChI=1S/C19H21F3N4O.ClH/c20-19(21,22)16-4-9-26(24-16)15-3-1-2-14(12-15)17(27)25-10-6-18(7-11-25)5-8-23-13-18;/h1-4,9,12,23H,5-8,10-11,13H2;1H. The number of alkyl halides is 3. The predicted octanol–water partition coefficient (Wildman–Crippen LogP) is 3.53. The molecule has 0 saturated carbocycles. The lowest BCUT2D eigenvalue weighted by Crippen LogP contribution is -2.44. The SMILES string of the molecule is Cl.O=C(c1cccc(-n2ccc(C(F)(F)F)n2)c1)N1CCC2(CCNC2)CC1. The zero-order valence-corrected chi connectivity index (χ0v) is 16.0. The van der Waals surface area contributed by atoms with E-state index in [1.165, 1.54) is 6.20 Å². The molecule has 2 aliphatic rings. The number of hydrogen-bond acceptors (Lipinski definition) is 3. The van der Waals surface area contributed by atoms with Crippen LogP contribution in [0.2, 0.25) is 0 Å². The first-order valence-corrected chi connectivity index (χ1v) is 9.10. The topological polar surface area (TPSA) is 50.2 Å². The fraction of sp³-hybridized carbons (Fsp3) is 0.474. The molecule has 4 rings (SSSR count). The van der Waals surface area contributed by atoms with Gasteiger partial charge in [0.2, 0.25) is 0 Å². The average Bonchev–Trinajstić information content (AvgIpc) is 3.32. The quantitative estimate of drug-likeness (QED) is 0.818. The number of aromatic nitrogens is 2. The number of carbonyl (C=O) groups is 1. The number of rotatable bonds is 2. The van der Waals surface area contributed by atoms with E-state index in [9.17, 15) is 18.0 Å². The Morgan fingerprint density at radius 1 is 1.14 bits per heavy atom. The van der Waals surface area contributed by atoms with Crippen LogP contribution in [-0.4, -0.2) is 46.8 Å². The highest BCUT2D eigenvalue weighted by atomic mass is 35.5. The van der Waals surface area contributed by atoms with Crippen LogP contribution in [0.3, 0.4) is 0 Å². The molecule has 0 radical (unpaired) electrons. The summed E-state index contributed by atoms with van der Waals surface area (Å²) in [5, 5.41) is 6.98. The molecule has 1 aromatic heterocycles. The molecule has 0 atom stereocenters. The number of hydrogen-bond donors (Lipinski definition) is 1. The molecule has 3 heterocycles. The lowest BCUT2D eigenvalue weighted by molar-refractivity contribution is -0.141. The van der Waals surface area contributed by atoms with E-state index in [-0.39, 0.29) is 18.3 Å². The minimum absolute atomic E-state index is 0. The molecule has 1 amide bonds. The normalized spacial score (nSPS) is 18.9. The number of likely N-dealkylation sites (tertiary alicyclic amines) is 1. The van der Waals surface area contributed by atoms with Gasteiger partial charge in [0.1, 0.15) is 0 Å². The third-order valence-electron chi connectivity index (χ3n) is 5.68. The first kappa shape index (κ1) is 20.7. The van der Waals surface area contributed by atoms with Crippen LogP contribution in [0.5, 0.6) is 0 Å². The molecule has 2 saturated heterocycles. The number of amides is 1. The molecule has 1 N–H and O–H groups in total. The fourth-order valence-corrected chi connectivity index (χ4v) is 3.99. The van der Waals surface area contributed by atoms with E-state index in [1.54, 1.807) is 24.3 Å². The number of nitrogens with zero attached hydrogens (tertiary/aromatic N) is 3. The second-order valence-corrected chi connectivity index (χ2v) is 7.41. The zero-order valence-electron chi connectivity index (χ0n) is 15.2. The number of benzene rings is 1. The van der Waals surface area contributed by atoms with Crippen molar-refractivity contribution < 1.29 is 18.0 Å². The molecule has 28 heavy (non-hydrogen) atoms. The fourth-order valence-electron chi connectivity index (χ4n) is 3.99. The highest BCUT2D eigenvalue weighted by Gasteiger charge is 2.38. The average molecular weight is 415 g/mol. The third-order valence-corrected chi connectivity index (χ3v) is 5.68. The Labute approximate surface area is 167 Å². The van der Waals surface area contributed by atoms with E-state index in [2.05, 4.69) is 10.4 Å². The van der Waals surface area contributed by atoms with Gasteiger partial charge in [-0.1, -0.05) is 6.07 Å². The van der Waals surface area contributed by atoms with Crippen molar-refractivity contribution in [2.24, 2.45) is 5.41 Å². The summed E-state index contributed by atoms with van der Waals surface area (Å²) >= 11 is 0. The van der Waals surface area contributed by atoms with Crippen LogP contribution < -0.4 is 5.32 Å². The number of halogens is 4. The van der Waals surface area contributed by atoms with E-state index < -0.39 is 11.9 Å². The lowest BCUT2D eigenvalue weighted by atomic mass is 9.78. The maximum Gasteiger partial charge on any atom is 0.435 e. The molecule has 9 heteroatoms. The number of piperidine rings is 1. The first-order valence-electron chi connectivity index (χ1n) is 9.10. The summed E-state index contributed by atoms with van der Waals surface area (Å²) in [5.74, 6) is -0.0825. The minimum Gasteiger partial charge on any atom is -0.339 e. The van der Waals surface area contributed by atoms with Gasteiger partial charge in [-0.15, -0.1) is 12.4 Å². The zero-order chi connectivity index (χ0) is 19.1. The highest BCUT2D eigenvalue weighted by molar-refractivity contribution is 5.94. The van der Waals surface area contributed by atoms with Crippen molar-refractivity contribution in [3.63, 3.8) is 0 Å². The van der Waals surface area contributed by atoms with Crippen molar-refractivity contribution in [3.05, 3.63) is 47.8 Å². The minimum atomic E-state index is -4.49. The van der Waals surface area contributed by atoms with Gasteiger partial charge in [-0.2, -0.15) is 18.3 Å². The summed E-state index contributed by atoms with van der Waals surface area (Å²) in [4.78, 5) is 14.7. The lowest BCUT2D eigenvalue weighted by Gasteiger charge is -2.39. The van der Waals surface area contributed by atoms with Gasteiger partial charge in [-0.3, -0.25) is 4.79 Å². The second-order valence-electron chi connectivity index (χ2n) is 7.41. The van der Waals surface area contributed by atoms with Crippen LogP contribution in [0.15, 0.2) is 36.5 Å². The number of carbonyl (C=O) groups excluding carboxylic acids is 1. The van der Waals surface area contributed by atoms with Crippen molar-refractivity contribution in [2.45, 2.75) is 25.4 Å². The van der Waals surface area contributed by atoms with E-state index in [4.69, 9.17) is 0 Å². The maximum atomic E-state index is 12.9. The number of nitrogens with one attached hydrogen (secondary N) is 1. The van der Waals surface area contributed by atoms with Crippen molar-refractivity contribution in [3.8, 4) is 5.69 Å². The van der Waals surface area contributed by atoms with E-state index in [0.29, 0.717) is 29.8 Å². The summed E-state index contributed by atoms with van der Waals surface area (Å²) in [6.45, 7) is 3.49. The Morgan fingerprint density at radius 3 is 2.50 bits per heavy atom. The van der Waals surface area contributed by atoms with Crippen LogP contribution in [0.1, 0.15) is 35.3 Å². The van der Waals surface area contributed by atoms with Gasteiger partial charge in [-0.05, 0) is 55.5 Å². The monoisotopic (exact) mass is 414 g/mol. The van der Waals surface area contributed by atoms with Gasteiger partial charge in [0.05, 0.1) is 5.69 Å². The molecule has 0 bridgehead atoms. The molecule has 152 valence electrons. The molecule has 5 nitrogen and oxygen atoms in total.